The van der Waals surface area contributed by atoms with Crippen molar-refractivity contribution in [2.45, 2.75) is 31.2 Å². The number of amides is 1. The van der Waals surface area contributed by atoms with Crippen LogP contribution in [-0.4, -0.2) is 35.7 Å². The van der Waals surface area contributed by atoms with E-state index in [4.69, 9.17) is 10.5 Å². The summed E-state index contributed by atoms with van der Waals surface area (Å²) in [5.74, 6) is -1.26. The lowest BCUT2D eigenvalue weighted by molar-refractivity contribution is -0.152. The first-order valence-electron chi connectivity index (χ1n) is 6.98. The van der Waals surface area contributed by atoms with Gasteiger partial charge in [0.05, 0.1) is 0 Å². The third-order valence-corrected chi connectivity index (χ3v) is 3.73. The Labute approximate surface area is 123 Å². The fourth-order valence-electron chi connectivity index (χ4n) is 2.45. The number of nitrogen functional groups attached to an aromatic ring is 1. The number of hydrogen-bond acceptors (Lipinski definition) is 4. The summed E-state index contributed by atoms with van der Waals surface area (Å²) in [4.78, 5) is 23.5. The highest BCUT2D eigenvalue weighted by Gasteiger charge is 2.41. The lowest BCUT2D eigenvalue weighted by Crippen LogP contribution is -2.57. The van der Waals surface area contributed by atoms with Gasteiger partial charge >= 0.3 is 5.97 Å². The Hall–Kier alpha value is -2.08. The normalized spacial score (nSPS) is 17.1. The number of benzene rings is 1. The quantitative estimate of drug-likeness (QED) is 0.701. The molecule has 1 aromatic carbocycles. The first-order valence-corrected chi connectivity index (χ1v) is 6.98. The fourth-order valence-corrected chi connectivity index (χ4v) is 2.45. The van der Waals surface area contributed by atoms with E-state index in [1.807, 2.05) is 18.2 Å². The molecule has 0 saturated carbocycles. The van der Waals surface area contributed by atoms with Gasteiger partial charge in [0.2, 0.25) is 5.91 Å². The van der Waals surface area contributed by atoms with Gasteiger partial charge in [-0.15, -0.1) is 0 Å². The van der Waals surface area contributed by atoms with Crippen molar-refractivity contribution < 1.29 is 19.4 Å². The number of carboxylic acids is 1. The van der Waals surface area contributed by atoms with Crippen molar-refractivity contribution in [2.75, 3.05) is 18.9 Å². The summed E-state index contributed by atoms with van der Waals surface area (Å²) in [6.45, 7) is 0.698. The summed E-state index contributed by atoms with van der Waals surface area (Å²) in [5.41, 5.74) is 6.11. The number of aryl methyl sites for hydroxylation is 1. The molecule has 0 spiro atoms. The zero-order chi connectivity index (χ0) is 15.3. The van der Waals surface area contributed by atoms with Crippen molar-refractivity contribution in [3.05, 3.63) is 29.8 Å². The van der Waals surface area contributed by atoms with Crippen LogP contribution in [-0.2, 0) is 20.7 Å². The second-order valence-electron chi connectivity index (χ2n) is 5.29. The van der Waals surface area contributed by atoms with Gasteiger partial charge < -0.3 is 20.9 Å². The molecule has 114 valence electrons. The number of ether oxygens (including phenoxy) is 1. The topological polar surface area (TPSA) is 102 Å². The molecular weight excluding hydrogens is 272 g/mol. The first kappa shape index (κ1) is 15.3. The van der Waals surface area contributed by atoms with Crippen molar-refractivity contribution in [1.29, 1.82) is 0 Å². The van der Waals surface area contributed by atoms with Crippen LogP contribution in [0.3, 0.4) is 0 Å². The summed E-state index contributed by atoms with van der Waals surface area (Å²) in [7, 11) is 0. The van der Waals surface area contributed by atoms with Gasteiger partial charge in [-0.2, -0.15) is 0 Å². The zero-order valence-corrected chi connectivity index (χ0v) is 11.8. The molecule has 6 heteroatoms. The third-order valence-electron chi connectivity index (χ3n) is 3.73. The number of aliphatic carboxylic acids is 1. The number of nitrogens with one attached hydrogen (secondary N) is 1. The molecule has 0 unspecified atom stereocenters. The molecular formula is C15H20N2O4. The van der Waals surface area contributed by atoms with E-state index in [0.717, 1.165) is 5.56 Å². The third kappa shape index (κ3) is 3.95. The van der Waals surface area contributed by atoms with Crippen LogP contribution in [0.2, 0.25) is 0 Å². The first-order chi connectivity index (χ1) is 10.0. The highest BCUT2D eigenvalue weighted by molar-refractivity contribution is 5.87. The van der Waals surface area contributed by atoms with Crippen molar-refractivity contribution in [3.63, 3.8) is 0 Å². The van der Waals surface area contributed by atoms with Crippen LogP contribution in [0.15, 0.2) is 24.3 Å². The standard InChI is InChI=1S/C15H20N2O4/c16-12-3-1-2-11(10-12)4-5-13(18)17-15(14(19)20)6-8-21-9-7-15/h1-3,10H,4-9,16H2,(H,17,18)(H,19,20). The molecule has 21 heavy (non-hydrogen) atoms. The van der Waals surface area contributed by atoms with Crippen LogP contribution >= 0.6 is 0 Å². The number of hydrogen-bond donors (Lipinski definition) is 3. The predicted octanol–water partition coefficient (Wildman–Crippen LogP) is 0.951. The number of carbonyl (C=O) groups excluding carboxylic acids is 1. The monoisotopic (exact) mass is 292 g/mol. The number of nitrogens with two attached hydrogens (primary N) is 1. The molecule has 0 bridgehead atoms. The van der Waals surface area contributed by atoms with Crippen LogP contribution in [0, 0.1) is 0 Å². The summed E-state index contributed by atoms with van der Waals surface area (Å²) in [6.07, 6.45) is 1.36. The van der Waals surface area contributed by atoms with Gasteiger partial charge in [0.25, 0.3) is 0 Å². The van der Waals surface area contributed by atoms with E-state index in [9.17, 15) is 14.7 Å². The molecule has 2 rings (SSSR count). The van der Waals surface area contributed by atoms with E-state index in [1.165, 1.54) is 0 Å². The molecule has 1 fully saturated rings. The second-order valence-corrected chi connectivity index (χ2v) is 5.29. The highest BCUT2D eigenvalue weighted by atomic mass is 16.5. The number of carboxylic acid groups (broad SMARTS) is 1. The van der Waals surface area contributed by atoms with Gasteiger partial charge in [-0.1, -0.05) is 12.1 Å². The molecule has 0 radical (unpaired) electrons. The molecule has 0 aromatic heterocycles. The number of rotatable bonds is 5. The van der Waals surface area contributed by atoms with E-state index in [1.54, 1.807) is 6.07 Å². The van der Waals surface area contributed by atoms with Crippen LogP contribution in [0.25, 0.3) is 0 Å². The largest absolute Gasteiger partial charge is 0.480 e. The average Bonchev–Trinajstić information content (AvgIpc) is 2.46. The minimum Gasteiger partial charge on any atom is -0.480 e. The molecule has 1 aromatic rings. The Balaban J connectivity index is 1.92. The van der Waals surface area contributed by atoms with Gasteiger partial charge in [-0.25, -0.2) is 4.79 Å². The number of anilines is 1. The molecule has 4 N–H and O–H groups in total. The summed E-state index contributed by atoms with van der Waals surface area (Å²) in [5, 5.41) is 12.0. The van der Waals surface area contributed by atoms with E-state index in [2.05, 4.69) is 5.32 Å². The average molecular weight is 292 g/mol. The smallest absolute Gasteiger partial charge is 0.329 e. The van der Waals surface area contributed by atoms with Gasteiger partial charge in [-0.05, 0) is 24.1 Å². The van der Waals surface area contributed by atoms with Gasteiger partial charge in [0, 0.05) is 38.2 Å². The fraction of sp³-hybridized carbons (Fsp3) is 0.467. The van der Waals surface area contributed by atoms with Crippen LogP contribution in [0.4, 0.5) is 5.69 Å². The summed E-state index contributed by atoms with van der Waals surface area (Å²) < 4.78 is 5.17. The zero-order valence-electron chi connectivity index (χ0n) is 11.8. The lowest BCUT2D eigenvalue weighted by atomic mass is 9.90. The minimum atomic E-state index is -1.19. The van der Waals surface area contributed by atoms with Crippen LogP contribution in [0.1, 0.15) is 24.8 Å². The van der Waals surface area contributed by atoms with Gasteiger partial charge in [-0.3, -0.25) is 4.79 Å². The van der Waals surface area contributed by atoms with Crippen LogP contribution in [0.5, 0.6) is 0 Å². The van der Waals surface area contributed by atoms with Crippen molar-refractivity contribution >= 4 is 17.6 Å². The molecule has 1 saturated heterocycles. The van der Waals surface area contributed by atoms with E-state index in [0.29, 0.717) is 38.2 Å². The molecule has 0 aliphatic carbocycles. The van der Waals surface area contributed by atoms with Crippen molar-refractivity contribution in [3.8, 4) is 0 Å². The Morgan fingerprint density at radius 1 is 1.33 bits per heavy atom. The second kappa shape index (κ2) is 6.58. The molecule has 1 heterocycles. The van der Waals surface area contributed by atoms with Gasteiger partial charge in [0.1, 0.15) is 5.54 Å². The maximum absolute atomic E-state index is 12.0. The number of carbonyl (C=O) groups is 2. The summed E-state index contributed by atoms with van der Waals surface area (Å²) in [6, 6.07) is 7.32. The van der Waals surface area contributed by atoms with Crippen LogP contribution < -0.4 is 11.1 Å². The van der Waals surface area contributed by atoms with E-state index < -0.39 is 11.5 Å². The maximum atomic E-state index is 12.0. The Kier molecular flexibility index (Phi) is 4.80. The Bertz CT molecular complexity index is 524. The lowest BCUT2D eigenvalue weighted by Gasteiger charge is -2.33. The Morgan fingerprint density at radius 2 is 2.05 bits per heavy atom. The molecule has 0 atom stereocenters. The van der Waals surface area contributed by atoms with Gasteiger partial charge in [0.15, 0.2) is 0 Å². The van der Waals surface area contributed by atoms with E-state index in [-0.39, 0.29) is 12.3 Å². The Morgan fingerprint density at radius 3 is 2.67 bits per heavy atom. The molecule has 6 nitrogen and oxygen atoms in total. The molecule has 1 amide bonds. The van der Waals surface area contributed by atoms with Crippen molar-refractivity contribution in [1.82, 2.24) is 5.32 Å². The highest BCUT2D eigenvalue weighted by Crippen LogP contribution is 2.21. The SMILES string of the molecule is Nc1cccc(CCC(=O)NC2(C(=O)O)CCOCC2)c1. The summed E-state index contributed by atoms with van der Waals surface area (Å²) >= 11 is 0. The molecule has 1 aliphatic rings. The predicted molar refractivity (Wildman–Crippen MR) is 77.7 cm³/mol. The van der Waals surface area contributed by atoms with E-state index >= 15 is 0 Å². The minimum absolute atomic E-state index is 0.235. The van der Waals surface area contributed by atoms with Crippen molar-refractivity contribution in [2.24, 2.45) is 0 Å². The maximum Gasteiger partial charge on any atom is 0.329 e. The molecule has 1 aliphatic heterocycles.